The molecule has 1 aliphatic rings. The average molecular weight is 183 g/mol. The number of nitrogens with one attached hydrogen (secondary N) is 1. The lowest BCUT2D eigenvalue weighted by Gasteiger charge is -2.47. The van der Waals surface area contributed by atoms with E-state index in [0.29, 0.717) is 10.8 Å². The molecule has 1 saturated carbocycles. The highest BCUT2D eigenvalue weighted by molar-refractivity contribution is 5.12. The van der Waals surface area contributed by atoms with E-state index in [0.717, 1.165) is 5.92 Å². The molecule has 0 saturated heterocycles. The zero-order chi connectivity index (χ0) is 10.5. The fraction of sp³-hybridized carbons (Fsp3) is 1.00. The summed E-state index contributed by atoms with van der Waals surface area (Å²) in [6, 6.07) is 0. The number of hydrogen-bond donors (Lipinski definition) is 1. The molecular formula is C12H25N. The van der Waals surface area contributed by atoms with Crippen LogP contribution in [0.1, 0.15) is 48.0 Å². The molecule has 1 fully saturated rings. The lowest BCUT2D eigenvalue weighted by atomic mass is 9.63. The Hall–Kier alpha value is -0.0400. The Balaban J connectivity index is 3.13. The molecule has 0 aliphatic heterocycles. The van der Waals surface area contributed by atoms with Crippen LogP contribution < -0.4 is 5.32 Å². The summed E-state index contributed by atoms with van der Waals surface area (Å²) in [6.07, 6.45) is 1.32. The minimum Gasteiger partial charge on any atom is -0.314 e. The molecule has 1 rings (SSSR count). The van der Waals surface area contributed by atoms with Crippen LogP contribution in [0.5, 0.6) is 0 Å². The Labute approximate surface area is 83.3 Å². The highest BCUT2D eigenvalue weighted by Crippen LogP contribution is 2.59. The fourth-order valence-corrected chi connectivity index (χ4v) is 3.10. The lowest BCUT2D eigenvalue weighted by Crippen LogP contribution is -2.55. The van der Waals surface area contributed by atoms with Crippen molar-refractivity contribution in [2.24, 2.45) is 16.7 Å². The van der Waals surface area contributed by atoms with Crippen molar-refractivity contribution in [1.82, 2.24) is 5.32 Å². The monoisotopic (exact) mass is 183 g/mol. The molecule has 0 bridgehead atoms. The van der Waals surface area contributed by atoms with Gasteiger partial charge < -0.3 is 5.32 Å². The van der Waals surface area contributed by atoms with Gasteiger partial charge >= 0.3 is 0 Å². The van der Waals surface area contributed by atoms with E-state index < -0.39 is 0 Å². The van der Waals surface area contributed by atoms with Crippen LogP contribution in [0.25, 0.3) is 0 Å². The molecule has 1 aliphatic carbocycles. The molecule has 0 aromatic rings. The topological polar surface area (TPSA) is 12.0 Å². The maximum atomic E-state index is 3.54. The van der Waals surface area contributed by atoms with E-state index in [1.54, 1.807) is 0 Å². The second-order valence-electron chi connectivity index (χ2n) is 6.07. The van der Waals surface area contributed by atoms with E-state index in [9.17, 15) is 0 Å². The van der Waals surface area contributed by atoms with Crippen molar-refractivity contribution in [3.63, 3.8) is 0 Å². The minimum absolute atomic E-state index is 0.274. The third kappa shape index (κ3) is 1.16. The summed E-state index contributed by atoms with van der Waals surface area (Å²) in [6.45, 7) is 14.3. The second-order valence-corrected chi connectivity index (χ2v) is 6.07. The van der Waals surface area contributed by atoms with Gasteiger partial charge in [-0.3, -0.25) is 0 Å². The zero-order valence-corrected chi connectivity index (χ0v) is 10.3. The summed E-state index contributed by atoms with van der Waals surface area (Å²) >= 11 is 0. The van der Waals surface area contributed by atoms with Crippen LogP contribution in [0.4, 0.5) is 0 Å². The molecule has 0 radical (unpaired) electrons. The standard InChI is InChI=1S/C12H25N/c1-9-8-10(2,3)11(4,5)12(9,6)13-7/h9,13H,8H2,1-7H3. The molecule has 1 heteroatoms. The van der Waals surface area contributed by atoms with Crippen LogP contribution in [-0.4, -0.2) is 12.6 Å². The quantitative estimate of drug-likeness (QED) is 0.659. The van der Waals surface area contributed by atoms with Gasteiger partial charge in [-0.05, 0) is 37.1 Å². The minimum atomic E-state index is 0.274. The second kappa shape index (κ2) is 2.73. The van der Waals surface area contributed by atoms with E-state index in [4.69, 9.17) is 0 Å². The van der Waals surface area contributed by atoms with Crippen molar-refractivity contribution in [3.05, 3.63) is 0 Å². The molecular weight excluding hydrogens is 158 g/mol. The molecule has 78 valence electrons. The van der Waals surface area contributed by atoms with Gasteiger partial charge in [0.05, 0.1) is 0 Å². The summed E-state index contributed by atoms with van der Waals surface area (Å²) in [4.78, 5) is 0. The van der Waals surface area contributed by atoms with Crippen LogP contribution in [0.2, 0.25) is 0 Å². The molecule has 1 N–H and O–H groups in total. The Bertz CT molecular complexity index is 202. The van der Waals surface area contributed by atoms with Crippen LogP contribution in [0.15, 0.2) is 0 Å². The Kier molecular flexibility index (Phi) is 2.31. The van der Waals surface area contributed by atoms with Gasteiger partial charge in [0.2, 0.25) is 0 Å². The molecule has 2 atom stereocenters. The van der Waals surface area contributed by atoms with Gasteiger partial charge in [-0.25, -0.2) is 0 Å². The predicted octanol–water partition coefficient (Wildman–Crippen LogP) is 3.06. The van der Waals surface area contributed by atoms with Crippen molar-refractivity contribution in [2.75, 3.05) is 7.05 Å². The third-order valence-corrected chi connectivity index (χ3v) is 5.31. The normalized spacial score (nSPS) is 42.2. The molecule has 0 aromatic heterocycles. The van der Waals surface area contributed by atoms with Gasteiger partial charge in [0.1, 0.15) is 0 Å². The largest absolute Gasteiger partial charge is 0.314 e. The molecule has 0 aromatic carbocycles. The van der Waals surface area contributed by atoms with Gasteiger partial charge in [-0.2, -0.15) is 0 Å². The summed E-state index contributed by atoms with van der Waals surface area (Å²) in [5, 5.41) is 3.54. The molecule has 0 heterocycles. The third-order valence-electron chi connectivity index (χ3n) is 5.31. The predicted molar refractivity (Wildman–Crippen MR) is 58.8 cm³/mol. The van der Waals surface area contributed by atoms with E-state index in [1.807, 2.05) is 0 Å². The maximum absolute atomic E-state index is 3.54. The van der Waals surface area contributed by atoms with Crippen molar-refractivity contribution in [2.45, 2.75) is 53.5 Å². The summed E-state index contributed by atoms with van der Waals surface area (Å²) in [5.74, 6) is 0.752. The van der Waals surface area contributed by atoms with Gasteiger partial charge in [0.25, 0.3) is 0 Å². The molecule has 13 heavy (non-hydrogen) atoms. The first-order valence-electron chi connectivity index (χ1n) is 5.38. The van der Waals surface area contributed by atoms with E-state index in [2.05, 4.69) is 53.9 Å². The van der Waals surface area contributed by atoms with Gasteiger partial charge in [-0.15, -0.1) is 0 Å². The van der Waals surface area contributed by atoms with Crippen molar-refractivity contribution < 1.29 is 0 Å². The SMILES string of the molecule is CNC1(C)C(C)CC(C)(C)C1(C)C. The summed E-state index contributed by atoms with van der Waals surface area (Å²) in [5.41, 5.74) is 1.06. The maximum Gasteiger partial charge on any atom is 0.0232 e. The van der Waals surface area contributed by atoms with Crippen molar-refractivity contribution in [3.8, 4) is 0 Å². The molecule has 1 nitrogen and oxygen atoms in total. The summed E-state index contributed by atoms with van der Waals surface area (Å²) in [7, 11) is 2.10. The Morgan fingerprint density at radius 1 is 1.08 bits per heavy atom. The zero-order valence-electron chi connectivity index (χ0n) is 10.3. The summed E-state index contributed by atoms with van der Waals surface area (Å²) < 4.78 is 0. The van der Waals surface area contributed by atoms with Crippen molar-refractivity contribution in [1.29, 1.82) is 0 Å². The van der Waals surface area contributed by atoms with Gasteiger partial charge in [0.15, 0.2) is 0 Å². The van der Waals surface area contributed by atoms with Gasteiger partial charge in [0, 0.05) is 5.54 Å². The van der Waals surface area contributed by atoms with E-state index >= 15 is 0 Å². The number of hydrogen-bond acceptors (Lipinski definition) is 1. The highest BCUT2D eigenvalue weighted by atomic mass is 15.0. The molecule has 0 amide bonds. The van der Waals surface area contributed by atoms with E-state index in [-0.39, 0.29) is 5.54 Å². The first-order chi connectivity index (χ1) is 5.69. The Morgan fingerprint density at radius 2 is 1.54 bits per heavy atom. The molecule has 0 spiro atoms. The first-order valence-corrected chi connectivity index (χ1v) is 5.38. The van der Waals surface area contributed by atoms with Gasteiger partial charge in [-0.1, -0.05) is 34.6 Å². The van der Waals surface area contributed by atoms with Crippen LogP contribution >= 0.6 is 0 Å². The smallest absolute Gasteiger partial charge is 0.0232 e. The fourth-order valence-electron chi connectivity index (χ4n) is 3.10. The first kappa shape index (κ1) is 11.0. The van der Waals surface area contributed by atoms with Crippen LogP contribution in [-0.2, 0) is 0 Å². The van der Waals surface area contributed by atoms with E-state index in [1.165, 1.54) is 6.42 Å². The van der Waals surface area contributed by atoms with Crippen molar-refractivity contribution >= 4 is 0 Å². The Morgan fingerprint density at radius 3 is 1.69 bits per heavy atom. The highest BCUT2D eigenvalue weighted by Gasteiger charge is 2.58. The number of rotatable bonds is 1. The molecule has 2 unspecified atom stereocenters. The van der Waals surface area contributed by atoms with Crippen LogP contribution in [0, 0.1) is 16.7 Å². The van der Waals surface area contributed by atoms with Crippen LogP contribution in [0.3, 0.4) is 0 Å². The average Bonchev–Trinajstić information content (AvgIpc) is 2.10. The lowest BCUT2D eigenvalue weighted by molar-refractivity contribution is 0.0679.